The molecule has 0 aromatic rings. The number of hydrogen-bond donors (Lipinski definition) is 3. The summed E-state index contributed by atoms with van der Waals surface area (Å²) in [7, 11) is 0. The zero-order valence-corrected chi connectivity index (χ0v) is 29.1. The predicted molar refractivity (Wildman–Crippen MR) is 182 cm³/mol. The summed E-state index contributed by atoms with van der Waals surface area (Å²) in [5.74, 6) is 4.38. The molecule has 4 aliphatic rings. The van der Waals surface area contributed by atoms with Gasteiger partial charge in [0.2, 0.25) is 0 Å². The lowest BCUT2D eigenvalue weighted by Gasteiger charge is -2.64. The molecular weight excluding hydrogens is 530 g/mol. The Balaban J connectivity index is 1.44. The topological polar surface area (TPSA) is 82.5 Å². The second kappa shape index (κ2) is 17.6. The van der Waals surface area contributed by atoms with Gasteiger partial charge >= 0.3 is 0 Å². The minimum absolute atomic E-state index is 0.231. The Morgan fingerprint density at radius 1 is 0.791 bits per heavy atom. The summed E-state index contributed by atoms with van der Waals surface area (Å²) >= 11 is 0. The first-order valence-corrected chi connectivity index (χ1v) is 19.3. The van der Waals surface area contributed by atoms with Gasteiger partial charge < -0.3 is 26.3 Å². The average molecular weight is 604 g/mol. The number of nitrogens with two attached hydrogens (primary N) is 2. The second-order valence-electron chi connectivity index (χ2n) is 16.0. The summed E-state index contributed by atoms with van der Waals surface area (Å²) in [4.78, 5) is 0. The Kier molecular flexibility index (Phi) is 14.6. The number of nitrogens with one attached hydrogen (secondary N) is 1. The first-order chi connectivity index (χ1) is 20.9. The Labute approximate surface area is 267 Å². The van der Waals surface area contributed by atoms with Crippen LogP contribution in [-0.4, -0.2) is 51.6 Å². The summed E-state index contributed by atoms with van der Waals surface area (Å²) in [6.45, 7) is 15.7. The molecule has 0 aromatic heterocycles. The van der Waals surface area contributed by atoms with E-state index in [4.69, 9.17) is 20.9 Å². The van der Waals surface area contributed by atoms with E-state index in [9.17, 15) is 0 Å². The van der Waals surface area contributed by atoms with Crippen LogP contribution in [-0.2, 0) is 9.47 Å². The van der Waals surface area contributed by atoms with Gasteiger partial charge in [0.05, 0.1) is 12.2 Å². The lowest BCUT2D eigenvalue weighted by molar-refractivity contribution is -0.221. The van der Waals surface area contributed by atoms with Crippen LogP contribution < -0.4 is 16.8 Å². The van der Waals surface area contributed by atoms with Crippen LogP contribution in [0.5, 0.6) is 0 Å². The molecule has 5 N–H and O–H groups in total. The van der Waals surface area contributed by atoms with E-state index < -0.39 is 0 Å². The summed E-state index contributed by atoms with van der Waals surface area (Å²) in [6.07, 6.45) is 24.4. The van der Waals surface area contributed by atoms with E-state index in [0.29, 0.717) is 29.5 Å². The Morgan fingerprint density at radius 2 is 1.51 bits per heavy atom. The summed E-state index contributed by atoms with van der Waals surface area (Å²) < 4.78 is 13.8. The zero-order chi connectivity index (χ0) is 30.7. The van der Waals surface area contributed by atoms with Crippen LogP contribution in [0.15, 0.2) is 0 Å². The average Bonchev–Trinajstić information content (AvgIpc) is 3.36. The van der Waals surface area contributed by atoms with Gasteiger partial charge in [0.1, 0.15) is 0 Å². The van der Waals surface area contributed by atoms with E-state index in [1.165, 1.54) is 116 Å². The Hall–Kier alpha value is -0.200. The number of hydrogen-bond acceptors (Lipinski definition) is 5. The third-order valence-corrected chi connectivity index (χ3v) is 13.5. The summed E-state index contributed by atoms with van der Waals surface area (Å²) in [6, 6.07) is 0. The molecular formula is C38H73N3O2. The zero-order valence-electron chi connectivity index (χ0n) is 29.1. The fourth-order valence-electron chi connectivity index (χ4n) is 11.1. The molecule has 4 rings (SSSR count). The Bertz CT molecular complexity index is 780. The third-order valence-electron chi connectivity index (χ3n) is 13.5. The van der Waals surface area contributed by atoms with Crippen molar-refractivity contribution in [3.8, 4) is 0 Å². The third kappa shape index (κ3) is 8.40. The predicted octanol–water partition coefficient (Wildman–Crippen LogP) is 8.09. The molecule has 0 heterocycles. The van der Waals surface area contributed by atoms with E-state index >= 15 is 0 Å². The van der Waals surface area contributed by atoms with Gasteiger partial charge in [-0.3, -0.25) is 0 Å². The minimum Gasteiger partial charge on any atom is -0.378 e. The maximum atomic E-state index is 6.98. The summed E-state index contributed by atoms with van der Waals surface area (Å²) in [5.41, 5.74) is 12.6. The van der Waals surface area contributed by atoms with Gasteiger partial charge in [-0.05, 0) is 138 Å². The molecule has 3 unspecified atom stereocenters. The number of fused-ring (bicyclic) bond motifs is 5. The van der Waals surface area contributed by atoms with Gasteiger partial charge in [0.15, 0.2) is 0 Å². The molecule has 5 heteroatoms. The van der Waals surface area contributed by atoms with Gasteiger partial charge in [0.25, 0.3) is 0 Å². The SMILES string of the molecule is CCCCCCCCNCCCC(C)[C@H]1CC[C@H]2C3[C@H](OCCCN)CC4CCCC[C@]4(C)[C@H]3C[C@H](OCCCN)[C@]12C. The quantitative estimate of drug-likeness (QED) is 0.123. The van der Waals surface area contributed by atoms with Crippen molar-refractivity contribution in [2.24, 2.45) is 57.8 Å². The molecule has 0 bridgehead atoms. The Morgan fingerprint density at radius 3 is 2.28 bits per heavy atom. The normalized spacial score (nSPS) is 38.0. The van der Waals surface area contributed by atoms with Crippen molar-refractivity contribution in [2.45, 2.75) is 155 Å². The van der Waals surface area contributed by atoms with Crippen LogP contribution in [0.4, 0.5) is 0 Å². The molecule has 0 saturated heterocycles. The molecule has 0 aliphatic heterocycles. The van der Waals surface area contributed by atoms with Gasteiger partial charge in [-0.15, -0.1) is 0 Å². The van der Waals surface area contributed by atoms with Crippen molar-refractivity contribution in [3.63, 3.8) is 0 Å². The fraction of sp³-hybridized carbons (Fsp3) is 1.00. The van der Waals surface area contributed by atoms with Crippen molar-refractivity contribution in [1.29, 1.82) is 0 Å². The molecule has 4 fully saturated rings. The van der Waals surface area contributed by atoms with Crippen LogP contribution in [0.25, 0.3) is 0 Å². The van der Waals surface area contributed by atoms with Crippen LogP contribution in [0.1, 0.15) is 143 Å². The number of ether oxygens (including phenoxy) is 2. The summed E-state index contributed by atoms with van der Waals surface area (Å²) in [5, 5.41) is 3.77. The highest BCUT2D eigenvalue weighted by Crippen LogP contribution is 2.69. The standard InChI is InChI=1S/C38H73N3O2/c1-5-6-7-8-9-12-23-41-24-13-16-29(2)31-18-19-32-36-33(28-35(38(31,32)4)43-26-15-22-40)37(3)20-11-10-17-30(37)27-34(36)42-25-14-21-39/h29-36,41H,5-28,39-40H2,1-4H3/t29?,30?,31-,32+,33+,34-,35+,36?,37+,38-/m1/s1. The van der Waals surface area contributed by atoms with Gasteiger partial charge in [-0.25, -0.2) is 0 Å². The van der Waals surface area contributed by atoms with Crippen LogP contribution in [0, 0.1) is 46.3 Å². The van der Waals surface area contributed by atoms with Crippen molar-refractivity contribution < 1.29 is 9.47 Å². The molecule has 0 radical (unpaired) electrons. The second-order valence-corrected chi connectivity index (χ2v) is 16.0. The molecule has 5 nitrogen and oxygen atoms in total. The lowest BCUT2D eigenvalue weighted by atomic mass is 9.43. The molecule has 0 amide bonds. The smallest absolute Gasteiger partial charge is 0.0637 e. The van der Waals surface area contributed by atoms with Crippen molar-refractivity contribution >= 4 is 0 Å². The van der Waals surface area contributed by atoms with Crippen molar-refractivity contribution in [3.05, 3.63) is 0 Å². The van der Waals surface area contributed by atoms with Crippen LogP contribution in [0.2, 0.25) is 0 Å². The molecule has 4 saturated carbocycles. The molecule has 252 valence electrons. The molecule has 0 aromatic carbocycles. The fourth-order valence-corrected chi connectivity index (χ4v) is 11.1. The van der Waals surface area contributed by atoms with Gasteiger partial charge in [0, 0.05) is 18.6 Å². The highest BCUT2D eigenvalue weighted by atomic mass is 16.5. The van der Waals surface area contributed by atoms with Gasteiger partial charge in [-0.2, -0.15) is 0 Å². The highest BCUT2D eigenvalue weighted by molar-refractivity contribution is 5.14. The van der Waals surface area contributed by atoms with Crippen LogP contribution >= 0.6 is 0 Å². The number of rotatable bonds is 20. The molecule has 43 heavy (non-hydrogen) atoms. The maximum absolute atomic E-state index is 6.98. The highest BCUT2D eigenvalue weighted by Gasteiger charge is 2.66. The van der Waals surface area contributed by atoms with E-state index in [2.05, 4.69) is 33.0 Å². The molecule has 10 atom stereocenters. The van der Waals surface area contributed by atoms with Crippen molar-refractivity contribution in [1.82, 2.24) is 5.32 Å². The van der Waals surface area contributed by atoms with Crippen LogP contribution in [0.3, 0.4) is 0 Å². The first kappa shape index (κ1) is 35.7. The van der Waals surface area contributed by atoms with E-state index in [0.717, 1.165) is 62.8 Å². The van der Waals surface area contributed by atoms with E-state index in [1.54, 1.807) is 0 Å². The first-order valence-electron chi connectivity index (χ1n) is 19.3. The van der Waals surface area contributed by atoms with Crippen molar-refractivity contribution in [2.75, 3.05) is 39.4 Å². The van der Waals surface area contributed by atoms with E-state index in [-0.39, 0.29) is 5.41 Å². The lowest BCUT2D eigenvalue weighted by Crippen LogP contribution is -2.62. The number of unbranched alkanes of at least 4 members (excludes halogenated alkanes) is 5. The molecule has 4 aliphatic carbocycles. The maximum Gasteiger partial charge on any atom is 0.0637 e. The largest absolute Gasteiger partial charge is 0.378 e. The monoisotopic (exact) mass is 604 g/mol. The van der Waals surface area contributed by atoms with Gasteiger partial charge in [-0.1, -0.05) is 72.6 Å². The minimum atomic E-state index is 0.231. The molecule has 0 spiro atoms. The van der Waals surface area contributed by atoms with E-state index in [1.807, 2.05) is 0 Å².